The predicted molar refractivity (Wildman–Crippen MR) is 81.3 cm³/mol. The second-order valence-electron chi connectivity index (χ2n) is 6.64. The van der Waals surface area contributed by atoms with Gasteiger partial charge in [0.15, 0.2) is 0 Å². The van der Waals surface area contributed by atoms with Crippen LogP contribution in [-0.4, -0.2) is 62.6 Å². The topological polar surface area (TPSA) is 98.7 Å². The van der Waals surface area contributed by atoms with E-state index in [1.165, 1.54) is 16.7 Å². The molecule has 7 nitrogen and oxygen atoms in total. The Hall–Kier alpha value is -1.28. The largest absolute Gasteiger partial charge is 0.480 e. The van der Waals surface area contributed by atoms with Crippen molar-refractivity contribution >= 4 is 29.5 Å². The molecule has 3 heterocycles. The van der Waals surface area contributed by atoms with Crippen molar-refractivity contribution in [1.29, 1.82) is 0 Å². The summed E-state index contributed by atoms with van der Waals surface area (Å²) in [5.41, 5.74) is 0. The summed E-state index contributed by atoms with van der Waals surface area (Å²) in [5, 5.41) is 15.1. The number of thioether (sulfide) groups is 1. The summed E-state index contributed by atoms with van der Waals surface area (Å²) in [4.78, 5) is 37.1. The molecule has 0 aromatic carbocycles. The number of hydrogen-bond donors (Lipinski definition) is 3. The van der Waals surface area contributed by atoms with E-state index in [1.54, 1.807) is 0 Å². The number of carbonyl (C=O) groups is 3. The Balaban J connectivity index is 1.62. The van der Waals surface area contributed by atoms with E-state index in [2.05, 4.69) is 10.6 Å². The van der Waals surface area contributed by atoms with Crippen molar-refractivity contribution in [3.05, 3.63) is 0 Å². The Morgan fingerprint density at radius 1 is 1.50 bits per heavy atom. The minimum Gasteiger partial charge on any atom is -0.480 e. The van der Waals surface area contributed by atoms with Gasteiger partial charge in [-0.05, 0) is 33.2 Å². The molecule has 4 atom stereocenters. The Morgan fingerprint density at radius 3 is 2.82 bits per heavy atom. The third-order valence-corrected chi connectivity index (χ3v) is 6.16. The van der Waals surface area contributed by atoms with Gasteiger partial charge < -0.3 is 20.6 Å². The van der Waals surface area contributed by atoms with Crippen LogP contribution in [0.2, 0.25) is 0 Å². The van der Waals surface area contributed by atoms with E-state index in [1.807, 2.05) is 13.8 Å². The number of nitrogens with zero attached hydrogens (tertiary/aromatic N) is 1. The third kappa shape index (κ3) is 2.48. The van der Waals surface area contributed by atoms with E-state index < -0.39 is 22.8 Å². The summed E-state index contributed by atoms with van der Waals surface area (Å²) in [7, 11) is 0. The maximum atomic E-state index is 12.2. The summed E-state index contributed by atoms with van der Waals surface area (Å²) in [6, 6.07) is -1.24. The molecule has 1 unspecified atom stereocenters. The zero-order valence-electron chi connectivity index (χ0n) is 12.7. The van der Waals surface area contributed by atoms with Gasteiger partial charge in [0, 0.05) is 17.2 Å². The molecule has 3 rings (SSSR count). The van der Waals surface area contributed by atoms with E-state index >= 15 is 0 Å². The highest BCUT2D eigenvalue weighted by atomic mass is 32.2. The van der Waals surface area contributed by atoms with Crippen molar-refractivity contribution in [2.24, 2.45) is 0 Å². The minimum absolute atomic E-state index is 0.144. The number of amides is 2. The monoisotopic (exact) mass is 327 g/mol. The first kappa shape index (κ1) is 15.6. The summed E-state index contributed by atoms with van der Waals surface area (Å²) in [6.07, 6.45) is 2.42. The van der Waals surface area contributed by atoms with E-state index in [9.17, 15) is 19.5 Å². The number of carboxylic acids is 1. The highest BCUT2D eigenvalue weighted by molar-refractivity contribution is 8.01. The van der Waals surface area contributed by atoms with Crippen LogP contribution in [-0.2, 0) is 14.4 Å². The highest BCUT2D eigenvalue weighted by Crippen LogP contribution is 2.50. The van der Waals surface area contributed by atoms with Crippen molar-refractivity contribution in [3.63, 3.8) is 0 Å². The first-order valence-electron chi connectivity index (χ1n) is 7.57. The maximum Gasteiger partial charge on any atom is 0.327 e. The molecule has 3 N–H and O–H groups in total. The SMILES string of the molecule is CC1(C)S[C@@H]2[C@H](NC(=O)CC3CCCN3)C(=O)N2[C@H]1C(=O)O. The van der Waals surface area contributed by atoms with Gasteiger partial charge in [-0.15, -0.1) is 11.8 Å². The Kier molecular flexibility index (Phi) is 3.84. The maximum absolute atomic E-state index is 12.2. The van der Waals surface area contributed by atoms with Crippen LogP contribution in [0, 0.1) is 0 Å². The van der Waals surface area contributed by atoms with Crippen molar-refractivity contribution < 1.29 is 19.5 Å². The van der Waals surface area contributed by atoms with Gasteiger partial charge in [-0.1, -0.05) is 0 Å². The van der Waals surface area contributed by atoms with Crippen LogP contribution in [0.15, 0.2) is 0 Å². The average Bonchev–Trinajstić information content (AvgIpc) is 3.00. The lowest BCUT2D eigenvalue weighted by molar-refractivity contribution is -0.161. The normalized spacial score (nSPS) is 35.9. The van der Waals surface area contributed by atoms with Crippen LogP contribution >= 0.6 is 11.8 Å². The fourth-order valence-corrected chi connectivity index (χ4v) is 5.16. The molecule has 22 heavy (non-hydrogen) atoms. The van der Waals surface area contributed by atoms with Crippen molar-refractivity contribution in [1.82, 2.24) is 15.5 Å². The fraction of sp³-hybridized carbons (Fsp3) is 0.786. The van der Waals surface area contributed by atoms with Crippen molar-refractivity contribution in [2.75, 3.05) is 6.54 Å². The Morgan fingerprint density at radius 2 is 2.23 bits per heavy atom. The van der Waals surface area contributed by atoms with Gasteiger partial charge >= 0.3 is 5.97 Å². The standard InChI is InChI=1S/C14H21N3O4S/c1-14(2)10(13(20)21)17-11(19)9(12(17)22-14)16-8(18)6-7-4-3-5-15-7/h7,9-10,12,15H,3-6H2,1-2H3,(H,16,18)(H,20,21)/t7?,9-,10+,12-/m1/s1. The second-order valence-corrected chi connectivity index (χ2v) is 8.41. The molecule has 8 heteroatoms. The first-order valence-corrected chi connectivity index (χ1v) is 8.45. The summed E-state index contributed by atoms with van der Waals surface area (Å²) < 4.78 is -0.557. The molecule has 3 saturated heterocycles. The number of rotatable bonds is 4. The average molecular weight is 327 g/mol. The Labute approximate surface area is 133 Å². The molecule has 3 fully saturated rings. The van der Waals surface area contributed by atoms with Crippen LogP contribution in [0.3, 0.4) is 0 Å². The van der Waals surface area contributed by atoms with Gasteiger partial charge in [0.25, 0.3) is 0 Å². The quantitative estimate of drug-likeness (QED) is 0.617. The van der Waals surface area contributed by atoms with Crippen LogP contribution in [0.1, 0.15) is 33.1 Å². The number of carbonyl (C=O) groups excluding carboxylic acids is 2. The molecule has 2 amide bonds. The van der Waals surface area contributed by atoms with Gasteiger partial charge in [-0.3, -0.25) is 9.59 Å². The fourth-order valence-electron chi connectivity index (χ4n) is 3.53. The minimum atomic E-state index is -0.992. The second kappa shape index (κ2) is 5.42. The first-order chi connectivity index (χ1) is 10.3. The molecule has 3 aliphatic heterocycles. The third-order valence-electron chi connectivity index (χ3n) is 4.59. The van der Waals surface area contributed by atoms with E-state index in [0.717, 1.165) is 19.4 Å². The lowest BCUT2D eigenvalue weighted by atomic mass is 9.96. The lowest BCUT2D eigenvalue weighted by Crippen LogP contribution is -2.70. The lowest BCUT2D eigenvalue weighted by Gasteiger charge is -2.43. The zero-order chi connectivity index (χ0) is 16.1. The summed E-state index contributed by atoms with van der Waals surface area (Å²) >= 11 is 1.44. The van der Waals surface area contributed by atoms with Gasteiger partial charge in [-0.25, -0.2) is 4.79 Å². The van der Waals surface area contributed by atoms with Crippen LogP contribution in [0.25, 0.3) is 0 Å². The molecule has 0 aromatic heterocycles. The molecular formula is C14H21N3O4S. The number of carboxylic acid groups (broad SMARTS) is 1. The number of fused-ring (bicyclic) bond motifs is 1. The molecule has 3 aliphatic rings. The zero-order valence-corrected chi connectivity index (χ0v) is 13.5. The van der Waals surface area contributed by atoms with Crippen LogP contribution < -0.4 is 10.6 Å². The van der Waals surface area contributed by atoms with E-state index in [-0.39, 0.29) is 23.2 Å². The van der Waals surface area contributed by atoms with E-state index in [4.69, 9.17) is 0 Å². The molecule has 122 valence electrons. The smallest absolute Gasteiger partial charge is 0.327 e. The van der Waals surface area contributed by atoms with Crippen LogP contribution in [0.5, 0.6) is 0 Å². The molecule has 0 spiro atoms. The molecule has 0 aliphatic carbocycles. The van der Waals surface area contributed by atoms with Crippen LogP contribution in [0.4, 0.5) is 0 Å². The van der Waals surface area contributed by atoms with Gasteiger partial charge in [-0.2, -0.15) is 0 Å². The van der Waals surface area contributed by atoms with Gasteiger partial charge in [0.2, 0.25) is 11.8 Å². The molecule has 0 bridgehead atoms. The van der Waals surface area contributed by atoms with Crippen molar-refractivity contribution in [2.45, 2.75) is 61.4 Å². The van der Waals surface area contributed by atoms with Gasteiger partial charge in [0.05, 0.1) is 0 Å². The number of hydrogen-bond acceptors (Lipinski definition) is 5. The summed E-state index contributed by atoms with van der Waals surface area (Å²) in [6.45, 7) is 4.58. The van der Waals surface area contributed by atoms with Gasteiger partial charge in [0.1, 0.15) is 17.5 Å². The summed E-state index contributed by atoms with van der Waals surface area (Å²) in [5.74, 6) is -1.42. The number of nitrogens with one attached hydrogen (secondary N) is 2. The highest BCUT2D eigenvalue weighted by Gasteiger charge is 2.64. The predicted octanol–water partition coefficient (Wildman–Crippen LogP) is -0.240. The van der Waals surface area contributed by atoms with E-state index in [0.29, 0.717) is 6.42 Å². The number of aliphatic carboxylic acids is 1. The molecule has 0 aromatic rings. The molecular weight excluding hydrogens is 306 g/mol. The Bertz CT molecular complexity index is 518. The molecule has 0 saturated carbocycles. The number of β-lactam (4-membered cyclic amide) rings is 1. The molecule has 0 radical (unpaired) electrons. The van der Waals surface area contributed by atoms with Crippen molar-refractivity contribution in [3.8, 4) is 0 Å².